The van der Waals surface area contributed by atoms with Crippen molar-refractivity contribution in [2.45, 2.75) is 51.4 Å². The van der Waals surface area contributed by atoms with Gasteiger partial charge in [-0.3, -0.25) is 0 Å². The van der Waals surface area contributed by atoms with E-state index in [9.17, 15) is 0 Å². The van der Waals surface area contributed by atoms with Gasteiger partial charge in [0.2, 0.25) is 0 Å². The summed E-state index contributed by atoms with van der Waals surface area (Å²) in [5.41, 5.74) is 9.10. The normalized spacial score (nSPS) is 17.7. The third-order valence-electron chi connectivity index (χ3n) is 5.11. The molecule has 4 rings (SSSR count). The Balaban J connectivity index is 1.82. The summed E-state index contributed by atoms with van der Waals surface area (Å²) in [4.78, 5) is 0. The monoisotopic (exact) mass is 275 g/mol. The summed E-state index contributed by atoms with van der Waals surface area (Å²) in [5, 5.41) is 0. The molecular formula is C21H23. The first-order valence-corrected chi connectivity index (χ1v) is 8.52. The molecule has 0 heterocycles. The molecule has 0 amide bonds. The average molecular weight is 275 g/mol. The second-order valence-corrected chi connectivity index (χ2v) is 6.52. The van der Waals surface area contributed by atoms with Crippen LogP contribution >= 0.6 is 0 Å². The highest BCUT2D eigenvalue weighted by molar-refractivity contribution is 5.84. The van der Waals surface area contributed by atoms with E-state index < -0.39 is 0 Å². The van der Waals surface area contributed by atoms with Crippen LogP contribution in [0.15, 0.2) is 36.4 Å². The average Bonchev–Trinajstić information content (AvgIpc) is 2.90. The van der Waals surface area contributed by atoms with Crippen molar-refractivity contribution in [2.75, 3.05) is 0 Å². The molecule has 0 nitrogen and oxygen atoms in total. The highest BCUT2D eigenvalue weighted by Crippen LogP contribution is 2.42. The Morgan fingerprint density at radius 1 is 0.619 bits per heavy atom. The summed E-state index contributed by atoms with van der Waals surface area (Å²) in [7, 11) is 0. The molecule has 0 saturated carbocycles. The van der Waals surface area contributed by atoms with Gasteiger partial charge in [-0.05, 0) is 59.1 Å². The number of benzene rings is 2. The van der Waals surface area contributed by atoms with Gasteiger partial charge in [0.1, 0.15) is 0 Å². The van der Waals surface area contributed by atoms with E-state index in [-0.39, 0.29) is 0 Å². The topological polar surface area (TPSA) is 0 Å². The number of rotatable bonds is 0. The van der Waals surface area contributed by atoms with Gasteiger partial charge in [0.15, 0.2) is 0 Å². The maximum Gasteiger partial charge on any atom is 0.0212 e. The molecule has 2 aromatic carbocycles. The van der Waals surface area contributed by atoms with Crippen LogP contribution in [-0.4, -0.2) is 0 Å². The van der Waals surface area contributed by atoms with Crippen molar-refractivity contribution in [1.29, 1.82) is 0 Å². The molecule has 0 unspecified atom stereocenters. The summed E-state index contributed by atoms with van der Waals surface area (Å²) in [6.07, 6.45) is 13.3. The molecule has 0 saturated heterocycles. The fourth-order valence-electron chi connectivity index (χ4n) is 4.01. The molecule has 0 heteroatoms. The van der Waals surface area contributed by atoms with Crippen molar-refractivity contribution >= 4 is 0 Å². The Labute approximate surface area is 128 Å². The van der Waals surface area contributed by atoms with Gasteiger partial charge in [0.05, 0.1) is 0 Å². The molecule has 107 valence electrons. The zero-order valence-electron chi connectivity index (χ0n) is 12.7. The van der Waals surface area contributed by atoms with Crippen molar-refractivity contribution in [3.63, 3.8) is 0 Å². The molecule has 0 aliphatic heterocycles. The van der Waals surface area contributed by atoms with Gasteiger partial charge >= 0.3 is 0 Å². The van der Waals surface area contributed by atoms with E-state index in [1.807, 2.05) is 0 Å². The highest BCUT2D eigenvalue weighted by atomic mass is 14.3. The third kappa shape index (κ3) is 2.41. The quantitative estimate of drug-likeness (QED) is 0.493. The largest absolute Gasteiger partial charge is 0.0619 e. The van der Waals surface area contributed by atoms with Crippen LogP contribution in [-0.2, 0) is 12.8 Å². The number of hydrogen-bond acceptors (Lipinski definition) is 0. The minimum atomic E-state index is 1.26. The summed E-state index contributed by atoms with van der Waals surface area (Å²) in [6.45, 7) is 0. The van der Waals surface area contributed by atoms with Gasteiger partial charge in [0, 0.05) is 6.42 Å². The molecule has 2 aromatic rings. The van der Waals surface area contributed by atoms with E-state index in [2.05, 4.69) is 42.8 Å². The van der Waals surface area contributed by atoms with Crippen LogP contribution in [0.1, 0.15) is 60.8 Å². The van der Waals surface area contributed by atoms with E-state index in [0.717, 1.165) is 0 Å². The van der Waals surface area contributed by atoms with Crippen molar-refractivity contribution in [3.8, 4) is 11.1 Å². The Morgan fingerprint density at radius 2 is 1.38 bits per heavy atom. The smallest absolute Gasteiger partial charge is 0.0212 e. The molecule has 2 aliphatic rings. The molecule has 21 heavy (non-hydrogen) atoms. The highest BCUT2D eigenvalue weighted by Gasteiger charge is 2.23. The van der Waals surface area contributed by atoms with Crippen LogP contribution < -0.4 is 0 Å². The van der Waals surface area contributed by atoms with Crippen molar-refractivity contribution in [1.82, 2.24) is 0 Å². The standard InChI is InChI=1S/C21H23/c1-2-4-6-11-19-16(9-5-3-1)13-14-18-15-17-10-7-8-12-20(17)21(18)19/h7-8,10,12-15H,1-6,9,11H2. The van der Waals surface area contributed by atoms with Crippen LogP contribution in [0.3, 0.4) is 0 Å². The molecule has 2 aliphatic carbocycles. The summed E-state index contributed by atoms with van der Waals surface area (Å²) in [5.74, 6) is 0. The summed E-state index contributed by atoms with van der Waals surface area (Å²) < 4.78 is 0. The van der Waals surface area contributed by atoms with E-state index >= 15 is 0 Å². The first-order valence-electron chi connectivity index (χ1n) is 8.52. The lowest BCUT2D eigenvalue weighted by Crippen LogP contribution is -2.01. The lowest BCUT2D eigenvalue weighted by molar-refractivity contribution is 0.581. The molecule has 0 atom stereocenters. The Morgan fingerprint density at radius 3 is 2.29 bits per heavy atom. The van der Waals surface area contributed by atoms with E-state index in [1.165, 1.54) is 68.1 Å². The molecular weight excluding hydrogens is 252 g/mol. The fourth-order valence-corrected chi connectivity index (χ4v) is 4.01. The second-order valence-electron chi connectivity index (χ2n) is 6.52. The molecule has 0 spiro atoms. The minimum absolute atomic E-state index is 1.26. The van der Waals surface area contributed by atoms with Gasteiger partial charge in [-0.2, -0.15) is 0 Å². The zero-order valence-corrected chi connectivity index (χ0v) is 12.7. The van der Waals surface area contributed by atoms with Crippen LogP contribution in [0.4, 0.5) is 0 Å². The predicted molar refractivity (Wildman–Crippen MR) is 89.5 cm³/mol. The summed E-state index contributed by atoms with van der Waals surface area (Å²) >= 11 is 0. The lowest BCUT2D eigenvalue weighted by atomic mass is 9.88. The number of fused-ring (bicyclic) bond motifs is 5. The molecule has 0 bridgehead atoms. The predicted octanol–water partition coefficient (Wildman–Crippen LogP) is 5.71. The van der Waals surface area contributed by atoms with Gasteiger partial charge in [-0.25, -0.2) is 0 Å². The summed E-state index contributed by atoms with van der Waals surface area (Å²) in [6, 6.07) is 13.6. The van der Waals surface area contributed by atoms with Crippen LogP contribution in [0.25, 0.3) is 11.1 Å². The molecule has 1 radical (unpaired) electrons. The van der Waals surface area contributed by atoms with E-state index in [4.69, 9.17) is 0 Å². The van der Waals surface area contributed by atoms with E-state index in [0.29, 0.717) is 0 Å². The van der Waals surface area contributed by atoms with Crippen LogP contribution in [0.5, 0.6) is 0 Å². The van der Waals surface area contributed by atoms with Crippen molar-refractivity contribution in [3.05, 3.63) is 65.1 Å². The third-order valence-corrected chi connectivity index (χ3v) is 5.11. The van der Waals surface area contributed by atoms with E-state index in [1.54, 1.807) is 16.7 Å². The second kappa shape index (κ2) is 5.67. The Kier molecular flexibility index (Phi) is 3.55. The Hall–Kier alpha value is -1.56. The van der Waals surface area contributed by atoms with Gasteiger partial charge in [-0.15, -0.1) is 0 Å². The SMILES string of the molecule is [CH]1c2ccccc2-c2c1ccc1c2CCCCCCCC1. The maximum atomic E-state index is 2.40. The lowest BCUT2D eigenvalue weighted by Gasteiger charge is -2.17. The Bertz CT molecular complexity index is 651. The molecule has 0 aromatic heterocycles. The van der Waals surface area contributed by atoms with Crippen LogP contribution in [0.2, 0.25) is 0 Å². The number of aryl methyl sites for hydroxylation is 1. The number of hydrogen-bond donors (Lipinski definition) is 0. The van der Waals surface area contributed by atoms with Gasteiger partial charge in [0.25, 0.3) is 0 Å². The van der Waals surface area contributed by atoms with Gasteiger partial charge in [-0.1, -0.05) is 62.1 Å². The zero-order chi connectivity index (χ0) is 14.1. The van der Waals surface area contributed by atoms with Crippen molar-refractivity contribution in [2.24, 2.45) is 0 Å². The molecule has 0 N–H and O–H groups in total. The first-order chi connectivity index (χ1) is 10.4. The van der Waals surface area contributed by atoms with Crippen molar-refractivity contribution < 1.29 is 0 Å². The molecule has 0 fully saturated rings. The fraction of sp³-hybridized carbons (Fsp3) is 0.381. The van der Waals surface area contributed by atoms with Gasteiger partial charge < -0.3 is 0 Å². The maximum absolute atomic E-state index is 2.40. The minimum Gasteiger partial charge on any atom is -0.0619 e. The first kappa shape index (κ1) is 13.1. The van der Waals surface area contributed by atoms with Crippen LogP contribution in [0, 0.1) is 6.42 Å².